The molecule has 0 spiro atoms. The molecule has 2 aromatic heterocycles. The molecular weight excluding hydrogens is 436 g/mol. The maximum atomic E-state index is 5.52. The molecule has 0 aliphatic carbocycles. The van der Waals surface area contributed by atoms with E-state index in [4.69, 9.17) is 9.47 Å². The van der Waals surface area contributed by atoms with E-state index in [9.17, 15) is 0 Å². The van der Waals surface area contributed by atoms with Crippen LogP contribution in [0.15, 0.2) is 46.0 Å². The van der Waals surface area contributed by atoms with Gasteiger partial charge >= 0.3 is 0 Å². The first kappa shape index (κ1) is 19.1. The van der Waals surface area contributed by atoms with Gasteiger partial charge in [-0.1, -0.05) is 15.9 Å². The lowest BCUT2D eigenvalue weighted by Gasteiger charge is -2.09. The smallest absolute Gasteiger partial charge is 0.265 e. The molecular formula is C20H19BrN6O2. The summed E-state index contributed by atoms with van der Waals surface area (Å²) in [6.45, 7) is 2.50. The number of rotatable bonds is 6. The summed E-state index contributed by atoms with van der Waals surface area (Å²) in [6.07, 6.45) is 1.66. The summed E-state index contributed by atoms with van der Waals surface area (Å²) in [4.78, 5) is 4.55. The maximum Gasteiger partial charge on any atom is 0.265 e. The van der Waals surface area contributed by atoms with Crippen LogP contribution in [0.25, 0.3) is 22.1 Å². The van der Waals surface area contributed by atoms with Gasteiger partial charge in [0.2, 0.25) is 0 Å². The van der Waals surface area contributed by atoms with Gasteiger partial charge in [0.15, 0.2) is 17.1 Å². The van der Waals surface area contributed by atoms with Crippen LogP contribution < -0.4 is 14.9 Å². The number of hydrogen-bond donors (Lipinski definition) is 1. The summed E-state index contributed by atoms with van der Waals surface area (Å²) in [6, 6.07) is 11.6. The molecule has 0 fully saturated rings. The Kier molecular flexibility index (Phi) is 5.30. The summed E-state index contributed by atoms with van der Waals surface area (Å²) in [5.41, 5.74) is 6.19. The summed E-state index contributed by atoms with van der Waals surface area (Å²) in [5, 5.41) is 13.7. The van der Waals surface area contributed by atoms with Gasteiger partial charge in [-0.25, -0.2) is 5.43 Å². The van der Waals surface area contributed by atoms with Gasteiger partial charge in [0.1, 0.15) is 5.52 Å². The molecule has 0 radical (unpaired) electrons. The topological polar surface area (TPSA) is 86.5 Å². The SMILES string of the molecule is CCOc1ccc(/C=N/Nc2nnc3c4cc(Br)ccc4n(C)c3n2)cc1OC. The number of hydrogen-bond acceptors (Lipinski definition) is 7. The van der Waals surface area contributed by atoms with E-state index in [1.807, 2.05) is 54.9 Å². The van der Waals surface area contributed by atoms with E-state index < -0.39 is 0 Å². The minimum absolute atomic E-state index is 0.316. The molecule has 4 aromatic rings. The normalized spacial score (nSPS) is 11.4. The van der Waals surface area contributed by atoms with Gasteiger partial charge < -0.3 is 14.0 Å². The van der Waals surface area contributed by atoms with E-state index in [1.165, 1.54) is 0 Å². The Hall–Kier alpha value is -3.20. The molecule has 2 heterocycles. The molecule has 0 aliphatic rings. The Morgan fingerprint density at radius 3 is 2.83 bits per heavy atom. The highest BCUT2D eigenvalue weighted by molar-refractivity contribution is 9.10. The van der Waals surface area contributed by atoms with Crippen LogP contribution in [0, 0.1) is 0 Å². The number of aryl methyl sites for hydroxylation is 1. The van der Waals surface area contributed by atoms with Crippen molar-refractivity contribution in [2.24, 2.45) is 12.1 Å². The van der Waals surface area contributed by atoms with Crippen LogP contribution in [0.4, 0.5) is 5.95 Å². The largest absolute Gasteiger partial charge is 0.493 e. The molecule has 0 aliphatic heterocycles. The summed E-state index contributed by atoms with van der Waals surface area (Å²) >= 11 is 3.50. The third-order valence-electron chi connectivity index (χ3n) is 4.43. The minimum atomic E-state index is 0.316. The van der Waals surface area contributed by atoms with Crippen LogP contribution >= 0.6 is 15.9 Å². The fourth-order valence-corrected chi connectivity index (χ4v) is 3.44. The van der Waals surface area contributed by atoms with Crippen molar-refractivity contribution in [3.63, 3.8) is 0 Å². The Morgan fingerprint density at radius 2 is 2.03 bits per heavy atom. The number of methoxy groups -OCH3 is 1. The first-order valence-electron chi connectivity index (χ1n) is 8.99. The third-order valence-corrected chi connectivity index (χ3v) is 4.92. The van der Waals surface area contributed by atoms with E-state index in [0.29, 0.717) is 24.1 Å². The first-order chi connectivity index (χ1) is 14.1. The van der Waals surface area contributed by atoms with Crippen molar-refractivity contribution in [1.82, 2.24) is 19.7 Å². The van der Waals surface area contributed by atoms with Gasteiger partial charge in [0.25, 0.3) is 5.95 Å². The number of anilines is 1. The average Bonchev–Trinajstić information content (AvgIpc) is 3.00. The Bertz CT molecular complexity index is 1220. The molecule has 0 atom stereocenters. The molecule has 8 nitrogen and oxygen atoms in total. The van der Waals surface area contributed by atoms with Crippen molar-refractivity contribution in [2.45, 2.75) is 6.92 Å². The second-order valence-electron chi connectivity index (χ2n) is 6.24. The van der Waals surface area contributed by atoms with Crippen molar-refractivity contribution >= 4 is 50.2 Å². The maximum absolute atomic E-state index is 5.52. The van der Waals surface area contributed by atoms with Crippen LogP contribution in [-0.2, 0) is 7.05 Å². The monoisotopic (exact) mass is 454 g/mol. The van der Waals surface area contributed by atoms with Gasteiger partial charge in [0, 0.05) is 16.9 Å². The second-order valence-corrected chi connectivity index (χ2v) is 7.16. The van der Waals surface area contributed by atoms with E-state index in [-0.39, 0.29) is 0 Å². The molecule has 0 bridgehead atoms. The molecule has 2 aromatic carbocycles. The Morgan fingerprint density at radius 1 is 1.17 bits per heavy atom. The zero-order valence-corrected chi connectivity index (χ0v) is 17.8. The number of benzene rings is 2. The highest BCUT2D eigenvalue weighted by atomic mass is 79.9. The van der Waals surface area contributed by atoms with Gasteiger partial charge in [-0.2, -0.15) is 10.1 Å². The van der Waals surface area contributed by atoms with E-state index in [2.05, 4.69) is 41.6 Å². The van der Waals surface area contributed by atoms with Crippen molar-refractivity contribution in [1.29, 1.82) is 0 Å². The number of halogens is 1. The highest BCUT2D eigenvalue weighted by Gasteiger charge is 2.12. The summed E-state index contributed by atoms with van der Waals surface area (Å²) in [7, 11) is 3.56. The molecule has 0 unspecified atom stereocenters. The van der Waals surface area contributed by atoms with Gasteiger partial charge in [-0.05, 0) is 48.9 Å². The Labute approximate surface area is 175 Å². The summed E-state index contributed by atoms with van der Waals surface area (Å²) in [5.74, 6) is 1.66. The van der Waals surface area contributed by atoms with Crippen molar-refractivity contribution in [2.75, 3.05) is 19.1 Å². The number of aromatic nitrogens is 4. The van der Waals surface area contributed by atoms with Crippen molar-refractivity contribution in [3.8, 4) is 11.5 Å². The number of fused-ring (bicyclic) bond motifs is 3. The van der Waals surface area contributed by atoms with Crippen LogP contribution in [0.2, 0.25) is 0 Å². The lowest BCUT2D eigenvalue weighted by molar-refractivity contribution is 0.311. The zero-order chi connectivity index (χ0) is 20.4. The van der Waals surface area contributed by atoms with Crippen molar-refractivity contribution in [3.05, 3.63) is 46.4 Å². The van der Waals surface area contributed by atoms with Gasteiger partial charge in [0.05, 0.1) is 25.4 Å². The molecule has 9 heteroatoms. The third kappa shape index (κ3) is 3.73. The molecule has 148 valence electrons. The van der Waals surface area contributed by atoms with Crippen LogP contribution in [-0.4, -0.2) is 39.7 Å². The quantitative estimate of drug-likeness (QED) is 0.348. The van der Waals surface area contributed by atoms with Crippen LogP contribution in [0.3, 0.4) is 0 Å². The number of ether oxygens (including phenoxy) is 2. The molecule has 4 rings (SSSR count). The standard InChI is InChI=1S/C20H19BrN6O2/c1-4-29-16-8-5-12(9-17(16)28-3)11-22-25-20-23-19-18(24-26-20)14-10-13(21)6-7-15(14)27(19)2/h5-11H,4H2,1-3H3,(H,23,25,26)/b22-11+. The fraction of sp³-hybridized carbons (Fsp3) is 0.200. The predicted molar refractivity (Wildman–Crippen MR) is 117 cm³/mol. The molecule has 0 saturated carbocycles. The Balaban J connectivity index is 1.58. The molecule has 0 amide bonds. The lowest BCUT2D eigenvalue weighted by atomic mass is 10.2. The van der Waals surface area contributed by atoms with E-state index in [0.717, 1.165) is 32.1 Å². The van der Waals surface area contributed by atoms with E-state index in [1.54, 1.807) is 13.3 Å². The van der Waals surface area contributed by atoms with Crippen LogP contribution in [0.1, 0.15) is 12.5 Å². The predicted octanol–water partition coefficient (Wildman–Crippen LogP) is 4.13. The van der Waals surface area contributed by atoms with Gasteiger partial charge in [-0.15, -0.1) is 10.2 Å². The number of hydrazone groups is 1. The van der Waals surface area contributed by atoms with Gasteiger partial charge in [-0.3, -0.25) is 0 Å². The van der Waals surface area contributed by atoms with Crippen molar-refractivity contribution < 1.29 is 9.47 Å². The van der Waals surface area contributed by atoms with E-state index >= 15 is 0 Å². The highest BCUT2D eigenvalue weighted by Crippen LogP contribution is 2.29. The number of nitrogens with zero attached hydrogens (tertiary/aromatic N) is 5. The minimum Gasteiger partial charge on any atom is -0.493 e. The zero-order valence-electron chi connectivity index (χ0n) is 16.2. The van der Waals surface area contributed by atoms with Crippen LogP contribution in [0.5, 0.6) is 11.5 Å². The molecule has 0 saturated heterocycles. The first-order valence-corrected chi connectivity index (χ1v) is 9.78. The second kappa shape index (κ2) is 8.04. The summed E-state index contributed by atoms with van der Waals surface area (Å²) < 4.78 is 13.8. The molecule has 29 heavy (non-hydrogen) atoms. The molecule has 1 N–H and O–H groups in total. The number of nitrogens with one attached hydrogen (secondary N) is 1. The average molecular weight is 455 g/mol. The lowest BCUT2D eigenvalue weighted by Crippen LogP contribution is -2.01. The fourth-order valence-electron chi connectivity index (χ4n) is 3.08.